The van der Waals surface area contributed by atoms with E-state index in [-0.39, 0.29) is 23.2 Å². The standard InChI is InChI=1S/C26H34BrN5O5Si/c1-25(2,3)38(6,7)34-13-16-18-19(37-26(4,5)36-18)23(35-16)32-21-17(30-24(32)27)20(28-14-29-21)31-22(33)15-11-9-8-10-12-15/h8-12,14,16,18-19,23H,13H2,1-7H3,(H,28,29,31,33)/t16-,18-,19-,23-/m1/s1. The molecule has 2 fully saturated rings. The van der Waals surface area contributed by atoms with E-state index in [0.717, 1.165) is 0 Å². The van der Waals surface area contributed by atoms with Crippen molar-refractivity contribution >= 4 is 47.1 Å². The molecular formula is C26H34BrN5O5Si. The number of amides is 1. The highest BCUT2D eigenvalue weighted by molar-refractivity contribution is 9.10. The number of rotatable bonds is 6. The van der Waals surface area contributed by atoms with Crippen LogP contribution in [0, 0.1) is 0 Å². The van der Waals surface area contributed by atoms with Crippen LogP contribution in [0.1, 0.15) is 51.2 Å². The number of nitrogens with one attached hydrogen (secondary N) is 1. The summed E-state index contributed by atoms with van der Waals surface area (Å²) in [5.41, 5.74) is 1.45. The highest BCUT2D eigenvalue weighted by Crippen LogP contribution is 2.46. The summed E-state index contributed by atoms with van der Waals surface area (Å²) in [5, 5.41) is 2.92. The van der Waals surface area contributed by atoms with Gasteiger partial charge in [-0.1, -0.05) is 39.0 Å². The van der Waals surface area contributed by atoms with Gasteiger partial charge in [0.1, 0.15) is 24.6 Å². The van der Waals surface area contributed by atoms with Crippen molar-refractivity contribution in [3.05, 3.63) is 47.0 Å². The molecule has 0 saturated carbocycles. The lowest BCUT2D eigenvalue weighted by Crippen LogP contribution is -2.44. The van der Waals surface area contributed by atoms with E-state index in [4.69, 9.17) is 18.6 Å². The molecule has 2 aliphatic heterocycles. The van der Waals surface area contributed by atoms with Gasteiger partial charge in [0.05, 0.1) is 6.61 Å². The molecule has 0 spiro atoms. The van der Waals surface area contributed by atoms with Gasteiger partial charge in [-0.2, -0.15) is 0 Å². The molecule has 0 bridgehead atoms. The Morgan fingerprint density at radius 2 is 1.84 bits per heavy atom. The molecule has 10 nitrogen and oxygen atoms in total. The normalized spacial score (nSPS) is 25.1. The van der Waals surface area contributed by atoms with Gasteiger partial charge in [-0.15, -0.1) is 0 Å². The Morgan fingerprint density at radius 1 is 1.16 bits per heavy atom. The predicted octanol–water partition coefficient (Wildman–Crippen LogP) is 5.28. The summed E-state index contributed by atoms with van der Waals surface area (Å²) >= 11 is 3.58. The Hall–Kier alpha value is -2.22. The van der Waals surface area contributed by atoms with Gasteiger partial charge < -0.3 is 24.0 Å². The maximum absolute atomic E-state index is 12.8. The second kappa shape index (κ2) is 9.75. The third-order valence-electron chi connectivity index (χ3n) is 7.50. The van der Waals surface area contributed by atoms with Crippen molar-refractivity contribution in [3.63, 3.8) is 0 Å². The first-order valence-corrected chi connectivity index (χ1v) is 16.4. The molecule has 4 atom stereocenters. The average molecular weight is 605 g/mol. The molecule has 12 heteroatoms. The van der Waals surface area contributed by atoms with Gasteiger partial charge in [-0.3, -0.25) is 9.36 Å². The second-order valence-corrected chi connectivity index (χ2v) is 17.2. The zero-order chi connectivity index (χ0) is 27.5. The fourth-order valence-electron chi connectivity index (χ4n) is 4.48. The van der Waals surface area contributed by atoms with Crippen LogP contribution in [0.25, 0.3) is 11.2 Å². The van der Waals surface area contributed by atoms with Crippen molar-refractivity contribution in [2.45, 2.75) is 83.1 Å². The number of carbonyl (C=O) groups is 1. The Kier molecular flexibility index (Phi) is 7.02. The summed E-state index contributed by atoms with van der Waals surface area (Å²) < 4.78 is 28.0. The molecule has 2 aliphatic rings. The van der Waals surface area contributed by atoms with E-state index < -0.39 is 26.4 Å². The quantitative estimate of drug-likeness (QED) is 0.299. The van der Waals surface area contributed by atoms with Gasteiger partial charge in [0.2, 0.25) is 0 Å². The summed E-state index contributed by atoms with van der Waals surface area (Å²) in [6.45, 7) is 15.3. The van der Waals surface area contributed by atoms with Crippen molar-refractivity contribution in [1.82, 2.24) is 19.5 Å². The van der Waals surface area contributed by atoms with Crippen LogP contribution in [-0.2, 0) is 18.6 Å². The highest BCUT2D eigenvalue weighted by Gasteiger charge is 2.57. The minimum Gasteiger partial charge on any atom is -0.414 e. The molecule has 1 N–H and O–H groups in total. The molecule has 3 aromatic rings. The van der Waals surface area contributed by atoms with Crippen LogP contribution in [0.5, 0.6) is 0 Å². The number of hydrogen-bond acceptors (Lipinski definition) is 8. The third kappa shape index (κ3) is 5.05. The molecule has 2 aromatic heterocycles. The fourth-order valence-corrected chi connectivity index (χ4v) is 6.04. The number of imidazole rings is 1. The number of aromatic nitrogens is 4. The van der Waals surface area contributed by atoms with Crippen LogP contribution in [0.15, 0.2) is 41.4 Å². The summed E-state index contributed by atoms with van der Waals surface area (Å²) in [6.07, 6.45) is -0.271. The smallest absolute Gasteiger partial charge is 0.256 e. The zero-order valence-corrected chi connectivity index (χ0v) is 25.3. The molecule has 1 aromatic carbocycles. The fraction of sp³-hybridized carbons (Fsp3) is 0.538. The first kappa shape index (κ1) is 27.3. The maximum atomic E-state index is 12.8. The molecule has 0 radical (unpaired) electrons. The molecule has 2 saturated heterocycles. The first-order valence-electron chi connectivity index (χ1n) is 12.7. The van der Waals surface area contributed by atoms with E-state index in [1.807, 2.05) is 24.5 Å². The number of benzene rings is 1. The summed E-state index contributed by atoms with van der Waals surface area (Å²) in [6, 6.07) is 8.94. The van der Waals surface area contributed by atoms with E-state index in [2.05, 4.69) is 70.1 Å². The van der Waals surface area contributed by atoms with Gasteiger partial charge in [-0.05, 0) is 60.0 Å². The minimum absolute atomic E-state index is 0.0673. The summed E-state index contributed by atoms with van der Waals surface area (Å²) in [4.78, 5) is 26.2. The van der Waals surface area contributed by atoms with E-state index in [1.54, 1.807) is 24.3 Å². The van der Waals surface area contributed by atoms with Crippen LogP contribution >= 0.6 is 15.9 Å². The highest BCUT2D eigenvalue weighted by atomic mass is 79.9. The maximum Gasteiger partial charge on any atom is 0.256 e. The third-order valence-corrected chi connectivity index (χ3v) is 12.6. The number of halogens is 1. The number of carbonyl (C=O) groups excluding carboxylic acids is 1. The molecule has 0 aliphatic carbocycles. The van der Waals surface area contributed by atoms with Crippen LogP contribution < -0.4 is 5.32 Å². The molecule has 1 amide bonds. The van der Waals surface area contributed by atoms with Crippen molar-refractivity contribution in [2.75, 3.05) is 11.9 Å². The van der Waals surface area contributed by atoms with Gasteiger partial charge >= 0.3 is 0 Å². The van der Waals surface area contributed by atoms with E-state index in [9.17, 15) is 4.79 Å². The monoisotopic (exact) mass is 603 g/mol. The first-order chi connectivity index (χ1) is 17.8. The summed E-state index contributed by atoms with van der Waals surface area (Å²) in [5.74, 6) is -0.760. The zero-order valence-electron chi connectivity index (χ0n) is 22.7. The van der Waals surface area contributed by atoms with E-state index in [0.29, 0.717) is 33.9 Å². The molecular weight excluding hydrogens is 570 g/mol. The van der Waals surface area contributed by atoms with Crippen LogP contribution in [-0.4, -0.2) is 64.4 Å². The van der Waals surface area contributed by atoms with Crippen molar-refractivity contribution in [2.24, 2.45) is 0 Å². The predicted molar refractivity (Wildman–Crippen MR) is 148 cm³/mol. The number of ether oxygens (including phenoxy) is 3. The topological polar surface area (TPSA) is 110 Å². The lowest BCUT2D eigenvalue weighted by atomic mass is 10.1. The molecule has 4 heterocycles. The van der Waals surface area contributed by atoms with Crippen molar-refractivity contribution in [1.29, 1.82) is 0 Å². The van der Waals surface area contributed by atoms with E-state index in [1.165, 1.54) is 6.33 Å². The lowest BCUT2D eigenvalue weighted by Gasteiger charge is -2.37. The number of nitrogens with zero attached hydrogens (tertiary/aromatic N) is 4. The average Bonchev–Trinajstić information content (AvgIpc) is 3.45. The Labute approximate surface area is 231 Å². The number of anilines is 1. The number of hydrogen-bond donors (Lipinski definition) is 1. The lowest BCUT2D eigenvalue weighted by molar-refractivity contribution is -0.199. The van der Waals surface area contributed by atoms with Crippen LogP contribution in [0.2, 0.25) is 18.1 Å². The van der Waals surface area contributed by atoms with Crippen molar-refractivity contribution in [3.8, 4) is 0 Å². The molecule has 38 heavy (non-hydrogen) atoms. The Bertz CT molecular complexity index is 1340. The van der Waals surface area contributed by atoms with Gasteiger partial charge in [-0.25, -0.2) is 15.0 Å². The molecule has 0 unspecified atom stereocenters. The number of fused-ring (bicyclic) bond motifs is 2. The minimum atomic E-state index is -2.01. The van der Waals surface area contributed by atoms with Crippen LogP contribution in [0.4, 0.5) is 5.82 Å². The van der Waals surface area contributed by atoms with Crippen LogP contribution in [0.3, 0.4) is 0 Å². The Balaban J connectivity index is 1.45. The SMILES string of the molecule is CC1(C)O[C@@H]2[C@H](O1)[C@@H](CO[Si](C)(C)C(C)(C)C)O[C@H]2n1c(Br)nc2c(NC(=O)c3ccccc3)ncnc21. The molecule has 5 rings (SSSR count). The molecule has 204 valence electrons. The van der Waals surface area contributed by atoms with Gasteiger partial charge in [0.25, 0.3) is 5.91 Å². The van der Waals surface area contributed by atoms with Gasteiger partial charge in [0, 0.05) is 5.56 Å². The van der Waals surface area contributed by atoms with Crippen molar-refractivity contribution < 1.29 is 23.4 Å². The van der Waals surface area contributed by atoms with Gasteiger partial charge in [0.15, 0.2) is 42.0 Å². The second-order valence-electron chi connectivity index (χ2n) is 11.7. The summed E-state index contributed by atoms with van der Waals surface area (Å²) in [7, 11) is -2.01. The van der Waals surface area contributed by atoms with E-state index >= 15 is 0 Å². The Morgan fingerprint density at radius 3 is 2.53 bits per heavy atom. The largest absolute Gasteiger partial charge is 0.414 e.